The van der Waals surface area contributed by atoms with E-state index >= 15 is 0 Å². The van der Waals surface area contributed by atoms with Crippen LogP contribution in [-0.4, -0.2) is 28.9 Å². The monoisotopic (exact) mass is 430 g/mol. The number of carbonyl (C=O) groups is 1. The van der Waals surface area contributed by atoms with E-state index in [2.05, 4.69) is 71.6 Å². The van der Waals surface area contributed by atoms with Gasteiger partial charge in [0.15, 0.2) is 0 Å². The SMILES string of the molecule is CC(C)=CCC/C(C)=C/CC/C(C)=C/CCC(C)CC(=O)N1CCCCC1C(C)(C)N. The number of hydrogen-bond acceptors (Lipinski definition) is 2. The molecule has 2 atom stereocenters. The highest BCUT2D eigenvalue weighted by Crippen LogP contribution is 2.26. The smallest absolute Gasteiger partial charge is 0.223 e. The van der Waals surface area contributed by atoms with Crippen molar-refractivity contribution >= 4 is 5.91 Å². The number of piperidine rings is 1. The van der Waals surface area contributed by atoms with Crippen LogP contribution in [0.3, 0.4) is 0 Å². The Hall–Kier alpha value is -1.35. The zero-order valence-corrected chi connectivity index (χ0v) is 21.6. The van der Waals surface area contributed by atoms with Crippen LogP contribution < -0.4 is 5.73 Å². The number of nitrogens with zero attached hydrogens (tertiary/aromatic N) is 1. The molecule has 2 N–H and O–H groups in total. The fourth-order valence-corrected chi connectivity index (χ4v) is 4.47. The van der Waals surface area contributed by atoms with E-state index < -0.39 is 0 Å². The molecule has 0 aromatic heterocycles. The molecule has 0 bridgehead atoms. The highest BCUT2D eigenvalue weighted by atomic mass is 16.2. The van der Waals surface area contributed by atoms with Crippen molar-refractivity contribution < 1.29 is 4.79 Å². The van der Waals surface area contributed by atoms with Crippen molar-refractivity contribution in [2.45, 2.75) is 124 Å². The molecule has 0 spiro atoms. The Morgan fingerprint density at radius 2 is 1.58 bits per heavy atom. The summed E-state index contributed by atoms with van der Waals surface area (Å²) in [6.07, 6.45) is 17.8. The van der Waals surface area contributed by atoms with E-state index in [0.717, 1.165) is 51.5 Å². The Labute approximate surface area is 193 Å². The summed E-state index contributed by atoms with van der Waals surface area (Å²) in [7, 11) is 0. The lowest BCUT2D eigenvalue weighted by atomic mass is 9.86. The molecule has 1 heterocycles. The number of rotatable bonds is 12. The van der Waals surface area contributed by atoms with Gasteiger partial charge in [0.2, 0.25) is 5.91 Å². The van der Waals surface area contributed by atoms with Crippen molar-refractivity contribution in [1.82, 2.24) is 4.90 Å². The largest absolute Gasteiger partial charge is 0.338 e. The first-order chi connectivity index (χ1) is 14.5. The fraction of sp³-hybridized carbons (Fsp3) is 0.750. The molecule has 1 fully saturated rings. The molecule has 0 aliphatic carbocycles. The van der Waals surface area contributed by atoms with Crippen molar-refractivity contribution in [3.05, 3.63) is 34.9 Å². The Kier molecular flexibility index (Phi) is 12.4. The Morgan fingerprint density at radius 3 is 2.16 bits per heavy atom. The van der Waals surface area contributed by atoms with Crippen LogP contribution >= 0.6 is 0 Å². The van der Waals surface area contributed by atoms with Gasteiger partial charge in [-0.1, -0.05) is 41.9 Å². The van der Waals surface area contributed by atoms with Gasteiger partial charge in [0.25, 0.3) is 0 Å². The predicted molar refractivity (Wildman–Crippen MR) is 136 cm³/mol. The molecule has 178 valence electrons. The van der Waals surface area contributed by atoms with Crippen molar-refractivity contribution in [2.75, 3.05) is 6.54 Å². The van der Waals surface area contributed by atoms with Gasteiger partial charge in [-0.3, -0.25) is 4.79 Å². The third-order valence-electron chi connectivity index (χ3n) is 6.48. The van der Waals surface area contributed by atoms with Crippen LogP contribution in [0, 0.1) is 5.92 Å². The molecule has 0 radical (unpaired) electrons. The molecule has 1 rings (SSSR count). The minimum absolute atomic E-state index is 0.182. The number of likely N-dealkylation sites (tertiary alicyclic amines) is 1. The van der Waals surface area contributed by atoms with Gasteiger partial charge < -0.3 is 10.6 Å². The molecule has 2 unspecified atom stereocenters. The summed E-state index contributed by atoms with van der Waals surface area (Å²) < 4.78 is 0. The minimum Gasteiger partial charge on any atom is -0.338 e. The first-order valence-corrected chi connectivity index (χ1v) is 12.5. The average Bonchev–Trinajstić information content (AvgIpc) is 2.67. The minimum atomic E-state index is -0.322. The van der Waals surface area contributed by atoms with Gasteiger partial charge >= 0.3 is 0 Å². The van der Waals surface area contributed by atoms with Crippen LogP contribution in [-0.2, 0) is 4.79 Å². The van der Waals surface area contributed by atoms with Gasteiger partial charge in [-0.25, -0.2) is 0 Å². The van der Waals surface area contributed by atoms with Gasteiger partial charge in [0.1, 0.15) is 0 Å². The second kappa shape index (κ2) is 13.9. The molecule has 0 aromatic carbocycles. The maximum atomic E-state index is 12.9. The third kappa shape index (κ3) is 11.7. The maximum Gasteiger partial charge on any atom is 0.223 e. The molecular formula is C28H50N2O. The molecule has 0 saturated carbocycles. The number of nitrogens with two attached hydrogens (primary N) is 1. The summed E-state index contributed by atoms with van der Waals surface area (Å²) in [5.74, 6) is 0.711. The molecular weight excluding hydrogens is 380 g/mol. The summed E-state index contributed by atoms with van der Waals surface area (Å²) >= 11 is 0. The molecule has 0 aromatic rings. The summed E-state index contributed by atoms with van der Waals surface area (Å²) in [6.45, 7) is 16.0. The summed E-state index contributed by atoms with van der Waals surface area (Å²) in [4.78, 5) is 15.0. The molecule has 1 saturated heterocycles. The van der Waals surface area contributed by atoms with Gasteiger partial charge in [-0.05, 0) is 105 Å². The maximum absolute atomic E-state index is 12.9. The third-order valence-corrected chi connectivity index (χ3v) is 6.48. The van der Waals surface area contributed by atoms with Crippen molar-refractivity contribution in [1.29, 1.82) is 0 Å². The molecule has 31 heavy (non-hydrogen) atoms. The van der Waals surface area contributed by atoms with E-state index in [1.807, 2.05) is 0 Å². The molecule has 3 heteroatoms. The Morgan fingerprint density at radius 1 is 1.00 bits per heavy atom. The number of carbonyl (C=O) groups excluding carboxylic acids is 1. The number of amides is 1. The predicted octanol–water partition coefficient (Wildman–Crippen LogP) is 7.33. The molecule has 1 aliphatic rings. The van der Waals surface area contributed by atoms with E-state index in [1.165, 1.54) is 29.6 Å². The van der Waals surface area contributed by atoms with Crippen LogP contribution in [0.4, 0.5) is 0 Å². The quantitative estimate of drug-likeness (QED) is 0.329. The van der Waals surface area contributed by atoms with Crippen LogP contribution in [0.1, 0.15) is 113 Å². The molecule has 1 amide bonds. The second-order valence-corrected chi connectivity index (χ2v) is 10.8. The van der Waals surface area contributed by atoms with Crippen LogP contribution in [0.15, 0.2) is 34.9 Å². The summed E-state index contributed by atoms with van der Waals surface area (Å²) in [6, 6.07) is 0.182. The molecule has 1 aliphatic heterocycles. The normalized spacial score (nSPS) is 19.4. The first-order valence-electron chi connectivity index (χ1n) is 12.5. The zero-order chi connectivity index (χ0) is 23.4. The Balaban J connectivity index is 2.36. The lowest BCUT2D eigenvalue weighted by Gasteiger charge is -2.43. The Bertz CT molecular complexity index is 632. The molecule has 3 nitrogen and oxygen atoms in total. The van der Waals surface area contributed by atoms with Crippen molar-refractivity contribution in [3.8, 4) is 0 Å². The number of hydrogen-bond donors (Lipinski definition) is 1. The van der Waals surface area contributed by atoms with Crippen LogP contribution in [0.5, 0.6) is 0 Å². The van der Waals surface area contributed by atoms with Gasteiger partial charge in [0.05, 0.1) is 0 Å². The zero-order valence-electron chi connectivity index (χ0n) is 21.6. The van der Waals surface area contributed by atoms with Crippen molar-refractivity contribution in [2.24, 2.45) is 11.7 Å². The van der Waals surface area contributed by atoms with E-state index in [-0.39, 0.29) is 11.6 Å². The van der Waals surface area contributed by atoms with Gasteiger partial charge in [0, 0.05) is 24.5 Å². The average molecular weight is 431 g/mol. The second-order valence-electron chi connectivity index (χ2n) is 10.8. The van der Waals surface area contributed by atoms with E-state index in [0.29, 0.717) is 18.2 Å². The lowest BCUT2D eigenvalue weighted by molar-refractivity contribution is -0.137. The summed E-state index contributed by atoms with van der Waals surface area (Å²) in [5.41, 5.74) is 10.4. The lowest BCUT2D eigenvalue weighted by Crippen LogP contribution is -2.58. The topological polar surface area (TPSA) is 46.3 Å². The number of allylic oxidation sites excluding steroid dienone is 6. The summed E-state index contributed by atoms with van der Waals surface area (Å²) in [5, 5.41) is 0. The highest BCUT2D eigenvalue weighted by Gasteiger charge is 2.35. The van der Waals surface area contributed by atoms with Crippen LogP contribution in [0.2, 0.25) is 0 Å². The highest BCUT2D eigenvalue weighted by molar-refractivity contribution is 5.77. The van der Waals surface area contributed by atoms with E-state index in [9.17, 15) is 4.79 Å². The first kappa shape index (κ1) is 27.7. The standard InChI is InChI=1S/C28H50N2O/c1-22(2)13-10-14-23(3)15-11-16-24(4)17-12-18-25(5)21-27(31)30-20-9-8-19-26(30)28(6,7)29/h13,15,17,25-26H,8-12,14,16,18-21,29H2,1-7H3/b23-15+,24-17+. The van der Waals surface area contributed by atoms with E-state index in [4.69, 9.17) is 5.73 Å². The van der Waals surface area contributed by atoms with Crippen LogP contribution in [0.25, 0.3) is 0 Å². The van der Waals surface area contributed by atoms with E-state index in [1.54, 1.807) is 0 Å². The van der Waals surface area contributed by atoms with Gasteiger partial charge in [-0.15, -0.1) is 0 Å². The fourth-order valence-electron chi connectivity index (χ4n) is 4.47. The van der Waals surface area contributed by atoms with Gasteiger partial charge in [-0.2, -0.15) is 0 Å². The van der Waals surface area contributed by atoms with Crippen molar-refractivity contribution in [3.63, 3.8) is 0 Å².